The number of fused-ring (bicyclic) bond motifs is 1. The lowest BCUT2D eigenvalue weighted by molar-refractivity contribution is 0.281. The molecule has 2 rings (SSSR count). The Labute approximate surface area is 97.3 Å². The first kappa shape index (κ1) is 11.2. The van der Waals surface area contributed by atoms with E-state index in [2.05, 4.69) is 48.0 Å². The van der Waals surface area contributed by atoms with Gasteiger partial charge in [0.2, 0.25) is 0 Å². The molecule has 0 bridgehead atoms. The van der Waals surface area contributed by atoms with Crippen molar-refractivity contribution in [2.75, 3.05) is 13.1 Å². The summed E-state index contributed by atoms with van der Waals surface area (Å²) >= 11 is 0. The number of aromatic amines is 1. The molecule has 0 aliphatic heterocycles. The maximum absolute atomic E-state index is 3.23. The summed E-state index contributed by atoms with van der Waals surface area (Å²) in [5.41, 5.74) is 2.63. The Morgan fingerprint density at radius 1 is 1.19 bits per heavy atom. The van der Waals surface area contributed by atoms with Crippen molar-refractivity contribution >= 4 is 10.9 Å². The number of benzene rings is 1. The summed E-state index contributed by atoms with van der Waals surface area (Å²) in [4.78, 5) is 5.71. The molecule has 0 atom stereocenters. The van der Waals surface area contributed by atoms with Crippen molar-refractivity contribution in [1.82, 2.24) is 9.88 Å². The van der Waals surface area contributed by atoms with Crippen molar-refractivity contribution in [1.29, 1.82) is 0 Å². The molecule has 0 radical (unpaired) electrons. The normalized spacial score (nSPS) is 11.4. The smallest absolute Gasteiger partial charge is 0.0454 e. The lowest BCUT2D eigenvalue weighted by atomic mass is 10.1. The summed E-state index contributed by atoms with van der Waals surface area (Å²) < 4.78 is 0. The first-order valence-corrected chi connectivity index (χ1v) is 6.12. The molecule has 1 heterocycles. The van der Waals surface area contributed by atoms with Gasteiger partial charge in [-0.05, 0) is 48.7 Å². The van der Waals surface area contributed by atoms with Crippen molar-refractivity contribution < 1.29 is 0 Å². The first-order valence-electron chi connectivity index (χ1n) is 6.12. The van der Waals surface area contributed by atoms with Crippen molar-refractivity contribution in [2.45, 2.75) is 26.8 Å². The van der Waals surface area contributed by atoms with Crippen LogP contribution in [0.1, 0.15) is 25.8 Å². The van der Waals surface area contributed by atoms with Crippen molar-refractivity contribution in [3.63, 3.8) is 0 Å². The molecule has 2 nitrogen and oxygen atoms in total. The van der Waals surface area contributed by atoms with Gasteiger partial charge in [-0.2, -0.15) is 0 Å². The molecule has 0 saturated heterocycles. The standard InChI is InChI=1S/C14H20N2/c1-3-9-16(4-2)11-12-5-6-14-13(10-12)7-8-15-14/h5-8,10,15H,3-4,9,11H2,1-2H3. The monoisotopic (exact) mass is 216 g/mol. The fourth-order valence-corrected chi connectivity index (χ4v) is 2.12. The number of hydrogen-bond acceptors (Lipinski definition) is 1. The Kier molecular flexibility index (Phi) is 3.62. The molecule has 2 aromatic rings. The number of aromatic nitrogens is 1. The zero-order valence-electron chi connectivity index (χ0n) is 10.2. The second kappa shape index (κ2) is 5.17. The van der Waals surface area contributed by atoms with E-state index in [0.717, 1.165) is 13.1 Å². The van der Waals surface area contributed by atoms with Crippen molar-refractivity contribution in [3.8, 4) is 0 Å². The van der Waals surface area contributed by atoms with Crippen LogP contribution in [-0.2, 0) is 6.54 Å². The lowest BCUT2D eigenvalue weighted by Crippen LogP contribution is -2.23. The summed E-state index contributed by atoms with van der Waals surface area (Å²) in [5.74, 6) is 0. The van der Waals surface area contributed by atoms with Gasteiger partial charge in [-0.3, -0.25) is 4.90 Å². The molecule has 16 heavy (non-hydrogen) atoms. The Morgan fingerprint density at radius 2 is 2.06 bits per heavy atom. The van der Waals surface area contributed by atoms with E-state index in [0.29, 0.717) is 0 Å². The molecule has 0 spiro atoms. The van der Waals surface area contributed by atoms with Crippen LogP contribution >= 0.6 is 0 Å². The summed E-state index contributed by atoms with van der Waals surface area (Å²) in [7, 11) is 0. The summed E-state index contributed by atoms with van der Waals surface area (Å²) in [5, 5.41) is 1.31. The van der Waals surface area contributed by atoms with Gasteiger partial charge in [-0.1, -0.05) is 19.9 Å². The van der Waals surface area contributed by atoms with Gasteiger partial charge in [-0.25, -0.2) is 0 Å². The van der Waals surface area contributed by atoms with Gasteiger partial charge in [0.15, 0.2) is 0 Å². The highest BCUT2D eigenvalue weighted by Gasteiger charge is 2.03. The number of nitrogens with one attached hydrogen (secondary N) is 1. The summed E-state index contributed by atoms with van der Waals surface area (Å²) in [6, 6.07) is 8.81. The predicted octanol–water partition coefficient (Wildman–Crippen LogP) is 3.40. The highest BCUT2D eigenvalue weighted by molar-refractivity contribution is 5.79. The minimum Gasteiger partial charge on any atom is -0.361 e. The minimum atomic E-state index is 1.06. The first-order chi connectivity index (χ1) is 7.83. The summed E-state index contributed by atoms with van der Waals surface area (Å²) in [6.07, 6.45) is 3.22. The van der Waals surface area contributed by atoms with E-state index in [-0.39, 0.29) is 0 Å². The molecule has 0 aliphatic rings. The third kappa shape index (κ3) is 2.45. The molecule has 0 aliphatic carbocycles. The molecular weight excluding hydrogens is 196 g/mol. The van der Waals surface area contributed by atoms with Crippen molar-refractivity contribution in [2.24, 2.45) is 0 Å². The zero-order chi connectivity index (χ0) is 11.4. The second-order valence-corrected chi connectivity index (χ2v) is 4.27. The molecule has 1 N–H and O–H groups in total. The Balaban J connectivity index is 2.13. The lowest BCUT2D eigenvalue weighted by Gasteiger charge is -2.19. The van der Waals surface area contributed by atoms with Gasteiger partial charge in [-0.15, -0.1) is 0 Å². The molecule has 1 aromatic heterocycles. The van der Waals surface area contributed by atoms with E-state index in [1.165, 1.54) is 29.4 Å². The molecular formula is C14H20N2. The van der Waals surface area contributed by atoms with E-state index >= 15 is 0 Å². The van der Waals surface area contributed by atoms with Crippen LogP contribution in [0.3, 0.4) is 0 Å². The molecule has 2 heteroatoms. The second-order valence-electron chi connectivity index (χ2n) is 4.27. The molecule has 86 valence electrons. The van der Waals surface area contributed by atoms with E-state index in [9.17, 15) is 0 Å². The van der Waals surface area contributed by atoms with E-state index < -0.39 is 0 Å². The zero-order valence-corrected chi connectivity index (χ0v) is 10.2. The van der Waals surface area contributed by atoms with E-state index in [1.807, 2.05) is 6.20 Å². The third-order valence-corrected chi connectivity index (χ3v) is 3.01. The molecule has 0 unspecified atom stereocenters. The van der Waals surface area contributed by atoms with Crippen molar-refractivity contribution in [3.05, 3.63) is 36.0 Å². The Bertz CT molecular complexity index is 445. The molecule has 1 aromatic carbocycles. The fourth-order valence-electron chi connectivity index (χ4n) is 2.12. The summed E-state index contributed by atoms with van der Waals surface area (Å²) in [6.45, 7) is 7.83. The highest BCUT2D eigenvalue weighted by Crippen LogP contribution is 2.15. The topological polar surface area (TPSA) is 19.0 Å². The van der Waals surface area contributed by atoms with Crippen LogP contribution in [0.2, 0.25) is 0 Å². The maximum atomic E-state index is 3.23. The van der Waals surface area contributed by atoms with Gasteiger partial charge in [0, 0.05) is 18.3 Å². The Morgan fingerprint density at radius 3 is 2.81 bits per heavy atom. The SMILES string of the molecule is CCCN(CC)Cc1ccc2[nH]ccc2c1. The molecule has 0 saturated carbocycles. The van der Waals surface area contributed by atoms with Gasteiger partial charge in [0.25, 0.3) is 0 Å². The number of H-pyrrole nitrogens is 1. The van der Waals surface area contributed by atoms with E-state index in [4.69, 9.17) is 0 Å². The third-order valence-electron chi connectivity index (χ3n) is 3.01. The van der Waals surface area contributed by atoms with Crippen LogP contribution in [0, 0.1) is 0 Å². The fraction of sp³-hybridized carbons (Fsp3) is 0.429. The van der Waals surface area contributed by atoms with Gasteiger partial charge >= 0.3 is 0 Å². The van der Waals surface area contributed by atoms with Crippen LogP contribution in [0.5, 0.6) is 0 Å². The molecule has 0 amide bonds. The minimum absolute atomic E-state index is 1.06. The number of rotatable bonds is 5. The van der Waals surface area contributed by atoms with Crippen LogP contribution in [0.25, 0.3) is 10.9 Å². The quantitative estimate of drug-likeness (QED) is 0.811. The average molecular weight is 216 g/mol. The van der Waals surface area contributed by atoms with Crippen LogP contribution < -0.4 is 0 Å². The largest absolute Gasteiger partial charge is 0.361 e. The van der Waals surface area contributed by atoms with Crippen LogP contribution in [0.15, 0.2) is 30.5 Å². The average Bonchev–Trinajstić information content (AvgIpc) is 2.75. The van der Waals surface area contributed by atoms with Gasteiger partial charge in [0.1, 0.15) is 0 Å². The number of nitrogens with zero attached hydrogens (tertiary/aromatic N) is 1. The number of hydrogen-bond donors (Lipinski definition) is 1. The van der Waals surface area contributed by atoms with Gasteiger partial charge in [0.05, 0.1) is 0 Å². The maximum Gasteiger partial charge on any atom is 0.0454 e. The van der Waals surface area contributed by atoms with E-state index in [1.54, 1.807) is 0 Å². The van der Waals surface area contributed by atoms with Gasteiger partial charge < -0.3 is 4.98 Å². The Hall–Kier alpha value is -1.28. The molecule has 0 fully saturated rings. The highest BCUT2D eigenvalue weighted by atomic mass is 15.1. The van der Waals surface area contributed by atoms with Crippen LogP contribution in [0.4, 0.5) is 0 Å². The predicted molar refractivity (Wildman–Crippen MR) is 69.5 cm³/mol. The van der Waals surface area contributed by atoms with Crippen LogP contribution in [-0.4, -0.2) is 23.0 Å².